The number of fused-ring (bicyclic) bond motifs is 1. The summed E-state index contributed by atoms with van der Waals surface area (Å²) in [4.78, 5) is 12.4. The van der Waals surface area contributed by atoms with E-state index >= 15 is 0 Å². The second-order valence-electron chi connectivity index (χ2n) is 7.07. The van der Waals surface area contributed by atoms with Crippen LogP contribution in [0.1, 0.15) is 51.9 Å². The first-order valence-corrected chi connectivity index (χ1v) is 8.25. The van der Waals surface area contributed by atoms with E-state index in [4.69, 9.17) is 0 Å². The quantitative estimate of drug-likeness (QED) is 0.803. The van der Waals surface area contributed by atoms with Crippen molar-refractivity contribution in [2.75, 3.05) is 13.1 Å². The van der Waals surface area contributed by atoms with Crippen LogP contribution in [-0.4, -0.2) is 25.0 Å². The smallest absolute Gasteiger partial charge is 0.223 e. The van der Waals surface area contributed by atoms with Gasteiger partial charge in [0.15, 0.2) is 0 Å². The van der Waals surface area contributed by atoms with Crippen molar-refractivity contribution in [3.8, 4) is 0 Å². The van der Waals surface area contributed by atoms with E-state index in [0.717, 1.165) is 37.8 Å². The SMILES string of the molecule is CC1CNCC1NC(=O)C1CCC2CCCCC2C1. The Morgan fingerprint density at radius 3 is 2.58 bits per heavy atom. The number of carbonyl (C=O) groups is 1. The third-order valence-corrected chi connectivity index (χ3v) is 5.76. The lowest BCUT2D eigenvalue weighted by Crippen LogP contribution is -2.44. The lowest BCUT2D eigenvalue weighted by Gasteiger charge is -2.39. The molecular formula is C16H28N2O. The lowest BCUT2D eigenvalue weighted by atomic mass is 9.67. The standard InChI is InChI=1S/C16H28N2O/c1-11-9-17-10-15(11)18-16(19)14-7-6-12-4-2-3-5-13(12)8-14/h11-15,17H,2-10H2,1H3,(H,18,19). The highest BCUT2D eigenvalue weighted by molar-refractivity contribution is 5.79. The van der Waals surface area contributed by atoms with Crippen molar-refractivity contribution in [1.29, 1.82) is 0 Å². The fourth-order valence-electron chi connectivity index (χ4n) is 4.42. The molecule has 3 nitrogen and oxygen atoms in total. The van der Waals surface area contributed by atoms with Crippen LogP contribution >= 0.6 is 0 Å². The van der Waals surface area contributed by atoms with Gasteiger partial charge in [0.05, 0.1) is 0 Å². The highest BCUT2D eigenvalue weighted by Crippen LogP contribution is 2.42. The van der Waals surface area contributed by atoms with Gasteiger partial charge in [-0.25, -0.2) is 0 Å². The summed E-state index contributed by atoms with van der Waals surface area (Å²) in [7, 11) is 0. The summed E-state index contributed by atoms with van der Waals surface area (Å²) in [5, 5.41) is 6.65. The molecule has 2 N–H and O–H groups in total. The minimum atomic E-state index is 0.298. The predicted molar refractivity (Wildman–Crippen MR) is 76.8 cm³/mol. The molecule has 19 heavy (non-hydrogen) atoms. The first kappa shape index (κ1) is 13.4. The van der Waals surface area contributed by atoms with Crippen LogP contribution in [0.15, 0.2) is 0 Å². The Bertz CT molecular complexity index is 331. The summed E-state index contributed by atoms with van der Waals surface area (Å²) in [6.07, 6.45) is 9.18. The van der Waals surface area contributed by atoms with Crippen molar-refractivity contribution in [2.24, 2.45) is 23.7 Å². The van der Waals surface area contributed by atoms with Gasteiger partial charge in [-0.05, 0) is 43.6 Å². The molecule has 0 radical (unpaired) electrons. The Morgan fingerprint density at radius 2 is 1.84 bits per heavy atom. The molecule has 0 bridgehead atoms. The van der Waals surface area contributed by atoms with E-state index in [1.165, 1.54) is 32.1 Å². The van der Waals surface area contributed by atoms with Gasteiger partial charge in [0.2, 0.25) is 5.91 Å². The zero-order chi connectivity index (χ0) is 13.2. The maximum Gasteiger partial charge on any atom is 0.223 e. The zero-order valence-electron chi connectivity index (χ0n) is 12.2. The zero-order valence-corrected chi connectivity index (χ0v) is 12.2. The van der Waals surface area contributed by atoms with E-state index in [9.17, 15) is 4.79 Å². The van der Waals surface area contributed by atoms with Crippen molar-refractivity contribution >= 4 is 5.91 Å². The molecule has 3 aliphatic rings. The normalized spacial score (nSPS) is 42.7. The van der Waals surface area contributed by atoms with E-state index in [2.05, 4.69) is 17.6 Å². The minimum Gasteiger partial charge on any atom is -0.352 e. The summed E-state index contributed by atoms with van der Waals surface area (Å²) < 4.78 is 0. The summed E-state index contributed by atoms with van der Waals surface area (Å²) in [5.74, 6) is 2.99. The van der Waals surface area contributed by atoms with E-state index in [-0.39, 0.29) is 0 Å². The second kappa shape index (κ2) is 5.82. The molecule has 0 aromatic carbocycles. The molecule has 108 valence electrons. The fourth-order valence-corrected chi connectivity index (χ4v) is 4.42. The number of nitrogens with one attached hydrogen (secondary N) is 2. The molecule has 2 saturated carbocycles. The van der Waals surface area contributed by atoms with Crippen LogP contribution in [0.4, 0.5) is 0 Å². The molecule has 0 aromatic heterocycles. The first-order chi connectivity index (χ1) is 9.24. The van der Waals surface area contributed by atoms with Crippen molar-refractivity contribution < 1.29 is 4.79 Å². The number of amides is 1. The molecular weight excluding hydrogens is 236 g/mol. The fraction of sp³-hybridized carbons (Fsp3) is 0.938. The van der Waals surface area contributed by atoms with Gasteiger partial charge in [-0.1, -0.05) is 32.6 Å². The molecule has 0 aromatic rings. The Morgan fingerprint density at radius 1 is 1.05 bits per heavy atom. The van der Waals surface area contributed by atoms with Crippen molar-refractivity contribution in [1.82, 2.24) is 10.6 Å². The van der Waals surface area contributed by atoms with Gasteiger partial charge in [0.25, 0.3) is 0 Å². The van der Waals surface area contributed by atoms with Crippen LogP contribution in [0.25, 0.3) is 0 Å². The summed E-state index contributed by atoms with van der Waals surface area (Å²) in [6.45, 7) is 4.22. The predicted octanol–water partition coefficient (Wildman–Crippen LogP) is 2.32. The molecule has 5 atom stereocenters. The molecule has 3 fully saturated rings. The third-order valence-electron chi connectivity index (χ3n) is 5.76. The Labute approximate surface area is 116 Å². The Kier molecular flexibility index (Phi) is 4.11. The largest absolute Gasteiger partial charge is 0.352 e. The van der Waals surface area contributed by atoms with E-state index in [1.54, 1.807) is 0 Å². The van der Waals surface area contributed by atoms with Crippen LogP contribution in [0, 0.1) is 23.7 Å². The molecule has 3 heteroatoms. The number of rotatable bonds is 2. The molecule has 3 rings (SSSR count). The average Bonchev–Trinajstić information content (AvgIpc) is 2.84. The van der Waals surface area contributed by atoms with Crippen LogP contribution in [0.2, 0.25) is 0 Å². The summed E-state index contributed by atoms with van der Waals surface area (Å²) >= 11 is 0. The van der Waals surface area contributed by atoms with Crippen molar-refractivity contribution in [3.05, 3.63) is 0 Å². The molecule has 1 aliphatic heterocycles. The summed E-state index contributed by atoms with van der Waals surface area (Å²) in [6, 6.07) is 0.358. The third kappa shape index (κ3) is 2.96. The van der Waals surface area contributed by atoms with Crippen molar-refractivity contribution in [3.63, 3.8) is 0 Å². The first-order valence-electron chi connectivity index (χ1n) is 8.25. The monoisotopic (exact) mass is 264 g/mol. The van der Waals surface area contributed by atoms with E-state index < -0.39 is 0 Å². The lowest BCUT2D eigenvalue weighted by molar-refractivity contribution is -0.128. The van der Waals surface area contributed by atoms with Gasteiger partial charge < -0.3 is 10.6 Å². The molecule has 0 spiro atoms. The van der Waals surface area contributed by atoms with Gasteiger partial charge in [0.1, 0.15) is 0 Å². The highest BCUT2D eigenvalue weighted by atomic mass is 16.2. The van der Waals surface area contributed by atoms with Crippen LogP contribution in [0.5, 0.6) is 0 Å². The van der Waals surface area contributed by atoms with Gasteiger partial charge in [0, 0.05) is 18.5 Å². The number of hydrogen-bond acceptors (Lipinski definition) is 2. The van der Waals surface area contributed by atoms with Gasteiger partial charge in [-0.3, -0.25) is 4.79 Å². The Hall–Kier alpha value is -0.570. The van der Waals surface area contributed by atoms with Gasteiger partial charge >= 0.3 is 0 Å². The summed E-state index contributed by atoms with van der Waals surface area (Å²) in [5.41, 5.74) is 0. The molecule has 1 amide bonds. The molecule has 1 saturated heterocycles. The highest BCUT2D eigenvalue weighted by Gasteiger charge is 2.36. The number of carbonyl (C=O) groups excluding carboxylic acids is 1. The topological polar surface area (TPSA) is 41.1 Å². The molecule has 2 aliphatic carbocycles. The van der Waals surface area contributed by atoms with Crippen LogP contribution in [0.3, 0.4) is 0 Å². The minimum absolute atomic E-state index is 0.298. The Balaban J connectivity index is 1.52. The molecule has 5 unspecified atom stereocenters. The van der Waals surface area contributed by atoms with Gasteiger partial charge in [-0.2, -0.15) is 0 Å². The second-order valence-corrected chi connectivity index (χ2v) is 7.07. The maximum absolute atomic E-state index is 12.4. The van der Waals surface area contributed by atoms with Gasteiger partial charge in [-0.15, -0.1) is 0 Å². The maximum atomic E-state index is 12.4. The van der Waals surface area contributed by atoms with Crippen LogP contribution < -0.4 is 10.6 Å². The molecule has 1 heterocycles. The van der Waals surface area contributed by atoms with E-state index in [1.807, 2.05) is 0 Å². The average molecular weight is 264 g/mol. The number of hydrogen-bond donors (Lipinski definition) is 2. The van der Waals surface area contributed by atoms with E-state index in [0.29, 0.717) is 23.8 Å². The van der Waals surface area contributed by atoms with Crippen molar-refractivity contribution in [2.45, 2.75) is 57.9 Å². The van der Waals surface area contributed by atoms with Crippen LogP contribution in [-0.2, 0) is 4.79 Å².